The van der Waals surface area contributed by atoms with Gasteiger partial charge in [-0.05, 0) is 66.8 Å². The highest BCUT2D eigenvalue weighted by Gasteiger charge is 2.41. The molecule has 126 valence electrons. The lowest BCUT2D eigenvalue weighted by molar-refractivity contribution is -0.274. The Bertz CT molecular complexity index is 743. The van der Waals surface area contributed by atoms with Crippen LogP contribution in [0.3, 0.4) is 0 Å². The molecule has 1 fully saturated rings. The van der Waals surface area contributed by atoms with Crippen molar-refractivity contribution in [3.05, 3.63) is 59.4 Å². The topological polar surface area (TPSA) is 22.1 Å². The normalized spacial score (nSPS) is 25.9. The molecular weight excluding hydrogens is 315 g/mol. The smallest absolute Gasteiger partial charge is 0.406 e. The van der Waals surface area contributed by atoms with Crippen molar-refractivity contribution in [2.24, 2.45) is 5.92 Å². The predicted octanol–water partition coefficient (Wildman–Crippen LogP) is 5.20. The molecule has 0 spiro atoms. The first-order chi connectivity index (χ1) is 11.5. The van der Waals surface area contributed by atoms with Gasteiger partial charge in [-0.2, -0.15) is 0 Å². The van der Waals surface area contributed by atoms with E-state index in [-0.39, 0.29) is 5.75 Å². The van der Waals surface area contributed by atoms with Gasteiger partial charge in [-0.1, -0.05) is 18.2 Å². The van der Waals surface area contributed by atoms with Gasteiger partial charge in [-0.3, -0.25) is 4.98 Å². The van der Waals surface area contributed by atoms with E-state index in [2.05, 4.69) is 15.8 Å². The van der Waals surface area contributed by atoms with Crippen LogP contribution in [0.25, 0.3) is 0 Å². The van der Waals surface area contributed by atoms with Crippen molar-refractivity contribution in [2.45, 2.75) is 43.9 Å². The number of nitrogens with zero attached hydrogens (tertiary/aromatic N) is 1. The van der Waals surface area contributed by atoms with Gasteiger partial charge in [0.05, 0.1) is 0 Å². The molecule has 2 aliphatic carbocycles. The van der Waals surface area contributed by atoms with Crippen molar-refractivity contribution in [1.82, 2.24) is 4.98 Å². The monoisotopic (exact) mass is 333 g/mol. The van der Waals surface area contributed by atoms with Crippen LogP contribution in [0.15, 0.2) is 42.6 Å². The molecule has 3 atom stereocenters. The summed E-state index contributed by atoms with van der Waals surface area (Å²) in [5, 5.41) is 0. The van der Waals surface area contributed by atoms with Crippen LogP contribution in [0, 0.1) is 5.92 Å². The van der Waals surface area contributed by atoms with Crippen molar-refractivity contribution in [1.29, 1.82) is 0 Å². The molecule has 2 aliphatic rings. The van der Waals surface area contributed by atoms with Gasteiger partial charge in [0.25, 0.3) is 0 Å². The number of alkyl halides is 3. The third-order valence-corrected chi connectivity index (χ3v) is 5.37. The lowest BCUT2D eigenvalue weighted by Crippen LogP contribution is -2.29. The molecule has 24 heavy (non-hydrogen) atoms. The minimum absolute atomic E-state index is 0.129. The van der Waals surface area contributed by atoms with E-state index >= 15 is 0 Å². The Balaban J connectivity index is 1.55. The number of benzene rings is 1. The van der Waals surface area contributed by atoms with E-state index in [1.165, 1.54) is 17.3 Å². The number of fused-ring (bicyclic) bond motifs is 1. The third kappa shape index (κ3) is 2.87. The minimum Gasteiger partial charge on any atom is -0.406 e. The molecule has 1 aromatic heterocycles. The molecule has 2 aromatic rings. The molecule has 2 nitrogen and oxygen atoms in total. The van der Waals surface area contributed by atoms with Crippen LogP contribution in [-0.2, 0) is 6.42 Å². The summed E-state index contributed by atoms with van der Waals surface area (Å²) in [6.07, 6.45) is 1.45. The van der Waals surface area contributed by atoms with Crippen molar-refractivity contribution < 1.29 is 17.9 Å². The summed E-state index contributed by atoms with van der Waals surface area (Å²) in [6.45, 7) is 0. The van der Waals surface area contributed by atoms with E-state index < -0.39 is 6.36 Å². The summed E-state index contributed by atoms with van der Waals surface area (Å²) in [4.78, 5) is 4.56. The number of hydrogen-bond acceptors (Lipinski definition) is 2. The average molecular weight is 333 g/mol. The Kier molecular flexibility index (Phi) is 3.74. The SMILES string of the molecule is FC(F)(F)Oc1cccc(C2CCC2C2CCc3cccnc32)c1. The highest BCUT2D eigenvalue weighted by molar-refractivity contribution is 5.36. The van der Waals surface area contributed by atoms with Crippen LogP contribution in [0.2, 0.25) is 0 Å². The summed E-state index contributed by atoms with van der Waals surface area (Å²) in [6, 6.07) is 10.6. The van der Waals surface area contributed by atoms with Gasteiger partial charge in [0.1, 0.15) is 5.75 Å². The van der Waals surface area contributed by atoms with Gasteiger partial charge in [0, 0.05) is 17.8 Å². The molecule has 0 bridgehead atoms. The van der Waals surface area contributed by atoms with Crippen molar-refractivity contribution in [3.8, 4) is 5.75 Å². The second kappa shape index (κ2) is 5.80. The minimum atomic E-state index is -4.65. The van der Waals surface area contributed by atoms with E-state index in [0.717, 1.165) is 31.2 Å². The maximum atomic E-state index is 12.4. The molecule has 4 rings (SSSR count). The molecule has 0 radical (unpaired) electrons. The van der Waals surface area contributed by atoms with Gasteiger partial charge in [0.2, 0.25) is 0 Å². The highest BCUT2D eigenvalue weighted by Crippen LogP contribution is 2.53. The van der Waals surface area contributed by atoms with Gasteiger partial charge < -0.3 is 4.74 Å². The fraction of sp³-hybridized carbons (Fsp3) is 0.421. The molecule has 1 saturated carbocycles. The zero-order valence-corrected chi connectivity index (χ0v) is 13.1. The fourth-order valence-corrected chi connectivity index (χ4v) is 4.22. The van der Waals surface area contributed by atoms with Crippen LogP contribution in [-0.4, -0.2) is 11.3 Å². The molecule has 3 unspecified atom stereocenters. The fourth-order valence-electron chi connectivity index (χ4n) is 4.22. The lowest BCUT2D eigenvalue weighted by atomic mass is 9.63. The number of aryl methyl sites for hydroxylation is 1. The maximum Gasteiger partial charge on any atom is 0.573 e. The quantitative estimate of drug-likeness (QED) is 0.770. The summed E-state index contributed by atoms with van der Waals surface area (Å²) >= 11 is 0. The van der Waals surface area contributed by atoms with Crippen molar-refractivity contribution >= 4 is 0 Å². The standard InChI is InChI=1S/C19H18F3NO/c20-19(21,22)24-14-5-1-3-13(11-14)15-8-9-16(15)17-7-6-12-4-2-10-23-18(12)17/h1-5,10-11,15-17H,6-9H2. The van der Waals surface area contributed by atoms with Gasteiger partial charge >= 0.3 is 6.36 Å². The summed E-state index contributed by atoms with van der Waals surface area (Å²) < 4.78 is 41.3. The number of halogens is 3. The van der Waals surface area contributed by atoms with Crippen molar-refractivity contribution in [3.63, 3.8) is 0 Å². The Morgan fingerprint density at radius 3 is 2.62 bits per heavy atom. The molecule has 0 N–H and O–H groups in total. The van der Waals surface area contributed by atoms with Crippen molar-refractivity contribution in [2.75, 3.05) is 0 Å². The second-order valence-electron chi connectivity index (χ2n) is 6.66. The van der Waals surface area contributed by atoms with Crippen LogP contribution in [0.1, 0.15) is 47.9 Å². The largest absolute Gasteiger partial charge is 0.573 e. The van der Waals surface area contributed by atoms with Crippen LogP contribution < -0.4 is 4.74 Å². The molecule has 0 aliphatic heterocycles. The Morgan fingerprint density at radius 2 is 1.88 bits per heavy atom. The maximum absolute atomic E-state index is 12.4. The molecule has 5 heteroatoms. The van der Waals surface area contributed by atoms with E-state index in [0.29, 0.717) is 17.8 Å². The Labute approximate surface area is 138 Å². The Morgan fingerprint density at radius 1 is 1.00 bits per heavy atom. The number of aromatic nitrogens is 1. The van der Waals surface area contributed by atoms with Crippen LogP contribution >= 0.6 is 0 Å². The summed E-state index contributed by atoms with van der Waals surface area (Å²) in [7, 11) is 0. The Hall–Kier alpha value is -2.04. The first kappa shape index (κ1) is 15.5. The summed E-state index contributed by atoms with van der Waals surface area (Å²) in [5.41, 5.74) is 3.45. The number of rotatable bonds is 3. The van der Waals surface area contributed by atoms with E-state index in [1.54, 1.807) is 12.1 Å². The second-order valence-corrected chi connectivity index (χ2v) is 6.66. The predicted molar refractivity (Wildman–Crippen MR) is 83.9 cm³/mol. The van der Waals surface area contributed by atoms with Crippen LogP contribution in [0.5, 0.6) is 5.75 Å². The van der Waals surface area contributed by atoms with Gasteiger partial charge in [-0.25, -0.2) is 0 Å². The number of hydrogen-bond donors (Lipinski definition) is 0. The molecular formula is C19H18F3NO. The van der Waals surface area contributed by atoms with E-state index in [9.17, 15) is 13.2 Å². The number of ether oxygens (including phenoxy) is 1. The summed E-state index contributed by atoms with van der Waals surface area (Å²) in [5.74, 6) is 1.05. The molecule has 0 amide bonds. The molecule has 1 aromatic carbocycles. The van der Waals surface area contributed by atoms with E-state index in [1.807, 2.05) is 18.3 Å². The highest BCUT2D eigenvalue weighted by atomic mass is 19.4. The third-order valence-electron chi connectivity index (χ3n) is 5.37. The van der Waals surface area contributed by atoms with Crippen LogP contribution in [0.4, 0.5) is 13.2 Å². The van der Waals surface area contributed by atoms with Gasteiger partial charge in [-0.15, -0.1) is 13.2 Å². The first-order valence-electron chi connectivity index (χ1n) is 8.31. The number of pyridine rings is 1. The molecule has 1 heterocycles. The average Bonchev–Trinajstić information content (AvgIpc) is 2.89. The zero-order chi connectivity index (χ0) is 16.7. The van der Waals surface area contributed by atoms with E-state index in [4.69, 9.17) is 0 Å². The lowest BCUT2D eigenvalue weighted by Gasteiger charge is -2.41. The zero-order valence-electron chi connectivity index (χ0n) is 13.1. The van der Waals surface area contributed by atoms with Gasteiger partial charge in [0.15, 0.2) is 0 Å². The molecule has 0 saturated heterocycles. The first-order valence-corrected chi connectivity index (χ1v) is 8.31.